The molecule has 0 unspecified atom stereocenters. The second-order valence-electron chi connectivity index (χ2n) is 3.81. The van der Waals surface area contributed by atoms with Crippen molar-refractivity contribution in [2.45, 2.75) is 37.6 Å². The number of amides is 1. The summed E-state index contributed by atoms with van der Waals surface area (Å²) in [6.07, 6.45) is -3.80. The summed E-state index contributed by atoms with van der Waals surface area (Å²) in [5, 5.41) is 11.5. The van der Waals surface area contributed by atoms with Crippen molar-refractivity contribution in [2.24, 2.45) is 0 Å². The molecule has 1 fully saturated rings. The largest absolute Gasteiger partial charge is 0.411 e. The molecule has 1 amide bonds. The van der Waals surface area contributed by atoms with Crippen molar-refractivity contribution in [1.29, 1.82) is 0 Å². The molecular weight excluding hydrogens is 227 g/mol. The molecule has 2 N–H and O–H groups in total. The fourth-order valence-corrected chi connectivity index (χ4v) is 1.36. The number of rotatable bonds is 5. The third-order valence-electron chi connectivity index (χ3n) is 2.22. The van der Waals surface area contributed by atoms with E-state index in [4.69, 9.17) is 5.11 Å². The van der Waals surface area contributed by atoms with Crippen LogP contribution < -0.4 is 5.32 Å². The Morgan fingerprint density at radius 2 is 2.06 bits per heavy atom. The number of alkyl halides is 3. The standard InChI is InChI=1S/C9H14F3NO3/c10-9(11,12)5-16-2-1-8(15)13-6-3-7(14)4-6/h6-7,14H,1-5H2,(H,13,15). The first-order valence-electron chi connectivity index (χ1n) is 4.99. The summed E-state index contributed by atoms with van der Waals surface area (Å²) in [6.45, 7) is -1.58. The van der Waals surface area contributed by atoms with E-state index in [9.17, 15) is 18.0 Å². The van der Waals surface area contributed by atoms with Gasteiger partial charge in [-0.25, -0.2) is 0 Å². The lowest BCUT2D eigenvalue weighted by molar-refractivity contribution is -0.174. The summed E-state index contributed by atoms with van der Waals surface area (Å²) >= 11 is 0. The van der Waals surface area contributed by atoms with Crippen LogP contribution in [0, 0.1) is 0 Å². The molecule has 1 saturated carbocycles. The van der Waals surface area contributed by atoms with Gasteiger partial charge in [0.05, 0.1) is 12.7 Å². The lowest BCUT2D eigenvalue weighted by Crippen LogP contribution is -2.46. The smallest absolute Gasteiger partial charge is 0.393 e. The van der Waals surface area contributed by atoms with E-state index in [1.165, 1.54) is 0 Å². The number of ether oxygens (including phenoxy) is 1. The second-order valence-corrected chi connectivity index (χ2v) is 3.81. The molecule has 4 nitrogen and oxygen atoms in total. The van der Waals surface area contributed by atoms with Crippen molar-refractivity contribution < 1.29 is 27.8 Å². The number of aliphatic hydroxyl groups excluding tert-OH is 1. The molecule has 0 atom stereocenters. The van der Waals surface area contributed by atoms with Crippen molar-refractivity contribution in [3.8, 4) is 0 Å². The highest BCUT2D eigenvalue weighted by atomic mass is 19.4. The number of hydrogen-bond donors (Lipinski definition) is 2. The van der Waals surface area contributed by atoms with Crippen LogP contribution in [0.2, 0.25) is 0 Å². The van der Waals surface area contributed by atoms with E-state index >= 15 is 0 Å². The van der Waals surface area contributed by atoms with E-state index < -0.39 is 12.8 Å². The molecule has 1 aliphatic rings. The molecular formula is C9H14F3NO3. The third kappa shape index (κ3) is 5.32. The van der Waals surface area contributed by atoms with Crippen LogP contribution in [0.1, 0.15) is 19.3 Å². The number of halogens is 3. The van der Waals surface area contributed by atoms with Crippen LogP contribution in [0.25, 0.3) is 0 Å². The molecule has 0 aliphatic heterocycles. The third-order valence-corrected chi connectivity index (χ3v) is 2.22. The Balaban J connectivity index is 1.98. The van der Waals surface area contributed by atoms with Crippen LogP contribution in [0.4, 0.5) is 13.2 Å². The van der Waals surface area contributed by atoms with Crippen LogP contribution in [0.15, 0.2) is 0 Å². The van der Waals surface area contributed by atoms with Gasteiger partial charge in [0.2, 0.25) is 5.91 Å². The van der Waals surface area contributed by atoms with Crippen LogP contribution >= 0.6 is 0 Å². The number of hydrogen-bond acceptors (Lipinski definition) is 3. The molecule has 7 heteroatoms. The van der Waals surface area contributed by atoms with Crippen LogP contribution in [0.5, 0.6) is 0 Å². The van der Waals surface area contributed by atoms with E-state index in [2.05, 4.69) is 10.1 Å². The van der Waals surface area contributed by atoms with Crippen LogP contribution in [-0.4, -0.2) is 42.5 Å². The van der Waals surface area contributed by atoms with Gasteiger partial charge in [0, 0.05) is 12.5 Å². The number of carbonyl (C=O) groups is 1. The Morgan fingerprint density at radius 1 is 1.44 bits per heavy atom. The molecule has 0 aromatic carbocycles. The highest BCUT2D eigenvalue weighted by Gasteiger charge is 2.29. The average molecular weight is 241 g/mol. The molecule has 0 radical (unpaired) electrons. The maximum Gasteiger partial charge on any atom is 0.411 e. The van der Waals surface area contributed by atoms with Crippen molar-refractivity contribution in [2.75, 3.05) is 13.2 Å². The summed E-state index contributed by atoms with van der Waals surface area (Å²) in [6, 6.07) is -0.0508. The summed E-state index contributed by atoms with van der Waals surface area (Å²) in [7, 11) is 0. The minimum absolute atomic E-state index is 0.0508. The SMILES string of the molecule is O=C(CCOCC(F)(F)F)NC1CC(O)C1. The summed E-state index contributed by atoms with van der Waals surface area (Å²) in [5.74, 6) is -0.348. The quantitative estimate of drug-likeness (QED) is 0.693. The van der Waals surface area contributed by atoms with E-state index in [1.807, 2.05) is 0 Å². The van der Waals surface area contributed by atoms with E-state index in [0.717, 1.165) is 0 Å². The van der Waals surface area contributed by atoms with Gasteiger partial charge in [-0.05, 0) is 12.8 Å². The highest BCUT2D eigenvalue weighted by molar-refractivity contribution is 5.76. The van der Waals surface area contributed by atoms with Crippen molar-refractivity contribution in [3.05, 3.63) is 0 Å². The summed E-state index contributed by atoms with van der Waals surface area (Å²) in [4.78, 5) is 11.1. The van der Waals surface area contributed by atoms with Gasteiger partial charge >= 0.3 is 6.18 Å². The first-order valence-corrected chi connectivity index (χ1v) is 4.99. The lowest BCUT2D eigenvalue weighted by Gasteiger charge is -2.31. The van der Waals surface area contributed by atoms with Gasteiger partial charge in [0.1, 0.15) is 6.61 Å². The van der Waals surface area contributed by atoms with Crippen molar-refractivity contribution in [1.82, 2.24) is 5.32 Å². The predicted octanol–water partition coefficient (Wildman–Crippen LogP) is 0.595. The minimum atomic E-state index is -4.35. The Labute approximate surface area is 90.8 Å². The number of nitrogens with one attached hydrogen (secondary N) is 1. The molecule has 1 aliphatic carbocycles. The van der Waals surface area contributed by atoms with Crippen LogP contribution in [0.3, 0.4) is 0 Å². The monoisotopic (exact) mass is 241 g/mol. The lowest BCUT2D eigenvalue weighted by atomic mass is 9.89. The maximum absolute atomic E-state index is 11.6. The molecule has 16 heavy (non-hydrogen) atoms. The molecule has 0 aromatic rings. The fraction of sp³-hybridized carbons (Fsp3) is 0.889. The number of aliphatic hydroxyl groups is 1. The highest BCUT2D eigenvalue weighted by Crippen LogP contribution is 2.19. The Bertz CT molecular complexity index is 239. The van der Waals surface area contributed by atoms with Gasteiger partial charge in [-0.1, -0.05) is 0 Å². The van der Waals surface area contributed by atoms with Crippen molar-refractivity contribution >= 4 is 5.91 Å². The molecule has 1 rings (SSSR count). The van der Waals surface area contributed by atoms with Gasteiger partial charge in [-0.2, -0.15) is 13.2 Å². The molecule has 0 spiro atoms. The summed E-state index contributed by atoms with van der Waals surface area (Å²) < 4.78 is 39.2. The Morgan fingerprint density at radius 3 is 2.56 bits per heavy atom. The Hall–Kier alpha value is -0.820. The second kappa shape index (κ2) is 5.49. The normalized spacial score (nSPS) is 25.0. The zero-order valence-electron chi connectivity index (χ0n) is 8.59. The van der Waals surface area contributed by atoms with E-state index in [1.54, 1.807) is 0 Å². The average Bonchev–Trinajstić information content (AvgIpc) is 2.08. The van der Waals surface area contributed by atoms with Gasteiger partial charge in [-0.15, -0.1) is 0 Å². The molecule has 94 valence electrons. The van der Waals surface area contributed by atoms with Gasteiger partial charge in [-0.3, -0.25) is 4.79 Å². The van der Waals surface area contributed by atoms with E-state index in [-0.39, 0.29) is 31.1 Å². The summed E-state index contributed by atoms with van der Waals surface area (Å²) in [5.41, 5.74) is 0. The Kier molecular flexibility index (Phi) is 4.55. The maximum atomic E-state index is 11.6. The number of carbonyl (C=O) groups excluding carboxylic acids is 1. The molecule has 0 bridgehead atoms. The zero-order valence-corrected chi connectivity index (χ0v) is 8.59. The zero-order chi connectivity index (χ0) is 12.2. The molecule has 0 aromatic heterocycles. The molecule has 0 saturated heterocycles. The van der Waals surface area contributed by atoms with Gasteiger partial charge in [0.15, 0.2) is 0 Å². The van der Waals surface area contributed by atoms with Crippen molar-refractivity contribution in [3.63, 3.8) is 0 Å². The topological polar surface area (TPSA) is 58.6 Å². The fourth-order valence-electron chi connectivity index (χ4n) is 1.36. The van der Waals surface area contributed by atoms with E-state index in [0.29, 0.717) is 12.8 Å². The predicted molar refractivity (Wildman–Crippen MR) is 48.7 cm³/mol. The van der Waals surface area contributed by atoms with Gasteiger partial charge in [0.25, 0.3) is 0 Å². The molecule has 0 heterocycles. The van der Waals surface area contributed by atoms with Gasteiger partial charge < -0.3 is 15.2 Å². The first kappa shape index (κ1) is 13.2. The first-order chi connectivity index (χ1) is 7.37. The van der Waals surface area contributed by atoms with Crippen LogP contribution in [-0.2, 0) is 9.53 Å². The minimum Gasteiger partial charge on any atom is -0.393 e.